The lowest BCUT2D eigenvalue weighted by Crippen LogP contribution is -2.56. The van der Waals surface area contributed by atoms with E-state index in [9.17, 15) is 0 Å². The third-order valence-electron chi connectivity index (χ3n) is 4.62. The quantitative estimate of drug-likeness (QED) is 0.865. The van der Waals surface area contributed by atoms with Crippen LogP contribution in [-0.4, -0.2) is 73.6 Å². The van der Waals surface area contributed by atoms with Gasteiger partial charge >= 0.3 is 6.01 Å². The Bertz CT molecular complexity index is 757. The van der Waals surface area contributed by atoms with E-state index in [1.807, 2.05) is 18.2 Å². The fourth-order valence-electron chi connectivity index (χ4n) is 3.21. The molecule has 2 aliphatic rings. The number of morpholine rings is 2. The van der Waals surface area contributed by atoms with Crippen LogP contribution in [0.1, 0.15) is 0 Å². The zero-order chi connectivity index (χ0) is 17.2. The molecule has 0 bridgehead atoms. The molecule has 2 aliphatic heterocycles. The number of nitrogen functional groups attached to an aromatic ring is 1. The van der Waals surface area contributed by atoms with Crippen molar-refractivity contribution in [3.05, 3.63) is 18.2 Å². The molecular formula is C17H22N4O4. The Morgan fingerprint density at radius 1 is 1.32 bits per heavy atom. The molecule has 8 nitrogen and oxygen atoms in total. The third kappa shape index (κ3) is 3.46. The molecular weight excluding hydrogens is 324 g/mol. The first-order valence-electron chi connectivity index (χ1n) is 8.40. The number of anilines is 1. The third-order valence-corrected chi connectivity index (χ3v) is 4.62. The monoisotopic (exact) mass is 346 g/mol. The van der Waals surface area contributed by atoms with Crippen molar-refractivity contribution in [2.75, 3.05) is 52.4 Å². The Kier molecular flexibility index (Phi) is 4.56. The van der Waals surface area contributed by atoms with E-state index in [0.717, 1.165) is 37.2 Å². The maximum absolute atomic E-state index is 6.04. The van der Waals surface area contributed by atoms with Crippen LogP contribution in [0.25, 0.3) is 10.9 Å². The molecule has 0 saturated carbocycles. The van der Waals surface area contributed by atoms with Gasteiger partial charge in [-0.3, -0.25) is 4.90 Å². The first-order valence-corrected chi connectivity index (χ1v) is 8.40. The number of benzene rings is 1. The van der Waals surface area contributed by atoms with Crippen molar-refractivity contribution in [3.63, 3.8) is 0 Å². The van der Waals surface area contributed by atoms with E-state index in [4.69, 9.17) is 24.7 Å². The topological polar surface area (TPSA) is 92.0 Å². The average Bonchev–Trinajstić information content (AvgIpc) is 2.66. The Balaban J connectivity index is 1.42. The van der Waals surface area contributed by atoms with E-state index in [1.165, 1.54) is 0 Å². The molecule has 134 valence electrons. The predicted octanol–water partition coefficient (Wildman–Crippen LogP) is 0.699. The van der Waals surface area contributed by atoms with Crippen molar-refractivity contribution in [3.8, 4) is 11.8 Å². The van der Waals surface area contributed by atoms with Gasteiger partial charge in [0.25, 0.3) is 0 Å². The molecule has 2 fully saturated rings. The lowest BCUT2D eigenvalue weighted by atomic mass is 10.1. The minimum atomic E-state index is -0.00858. The summed E-state index contributed by atoms with van der Waals surface area (Å²) in [6.45, 7) is 4.33. The molecule has 0 aliphatic carbocycles. The average molecular weight is 346 g/mol. The van der Waals surface area contributed by atoms with Crippen molar-refractivity contribution in [1.29, 1.82) is 0 Å². The fourth-order valence-corrected chi connectivity index (χ4v) is 3.21. The van der Waals surface area contributed by atoms with Crippen LogP contribution in [0.3, 0.4) is 0 Å². The van der Waals surface area contributed by atoms with Crippen LogP contribution in [0.15, 0.2) is 18.2 Å². The summed E-state index contributed by atoms with van der Waals surface area (Å²) in [5.41, 5.74) is 6.76. The molecule has 0 amide bonds. The molecule has 0 radical (unpaired) electrons. The lowest BCUT2D eigenvalue weighted by Gasteiger charge is -2.41. The van der Waals surface area contributed by atoms with E-state index in [2.05, 4.69) is 14.9 Å². The largest absolute Gasteiger partial charge is 0.497 e. The van der Waals surface area contributed by atoms with Gasteiger partial charge in [-0.25, -0.2) is 0 Å². The summed E-state index contributed by atoms with van der Waals surface area (Å²) in [6.07, 6.45) is -0.00858. The van der Waals surface area contributed by atoms with Gasteiger partial charge in [0, 0.05) is 18.5 Å². The molecule has 3 heterocycles. The number of methoxy groups -OCH3 is 1. The van der Waals surface area contributed by atoms with Gasteiger partial charge in [0.1, 0.15) is 24.3 Å². The molecule has 25 heavy (non-hydrogen) atoms. The molecule has 1 aromatic heterocycles. The molecule has 1 aromatic carbocycles. The van der Waals surface area contributed by atoms with Gasteiger partial charge in [-0.2, -0.15) is 9.97 Å². The maximum atomic E-state index is 6.04. The summed E-state index contributed by atoms with van der Waals surface area (Å²) >= 11 is 0. The van der Waals surface area contributed by atoms with Gasteiger partial charge in [-0.15, -0.1) is 0 Å². The van der Waals surface area contributed by atoms with Crippen molar-refractivity contribution in [1.82, 2.24) is 14.9 Å². The van der Waals surface area contributed by atoms with E-state index >= 15 is 0 Å². The van der Waals surface area contributed by atoms with Gasteiger partial charge in [0.15, 0.2) is 0 Å². The van der Waals surface area contributed by atoms with Crippen molar-refractivity contribution in [2.45, 2.75) is 12.1 Å². The number of nitrogens with two attached hydrogens (primary N) is 1. The highest BCUT2D eigenvalue weighted by Crippen LogP contribution is 2.25. The van der Waals surface area contributed by atoms with E-state index < -0.39 is 0 Å². The number of fused-ring (bicyclic) bond motifs is 2. The van der Waals surface area contributed by atoms with Crippen molar-refractivity contribution in [2.24, 2.45) is 0 Å². The van der Waals surface area contributed by atoms with Gasteiger partial charge in [-0.05, 0) is 18.2 Å². The summed E-state index contributed by atoms with van der Waals surface area (Å²) in [7, 11) is 1.61. The summed E-state index contributed by atoms with van der Waals surface area (Å²) < 4.78 is 22.3. The molecule has 2 atom stereocenters. The van der Waals surface area contributed by atoms with E-state index in [0.29, 0.717) is 30.8 Å². The number of nitrogens with zero attached hydrogens (tertiary/aromatic N) is 3. The van der Waals surface area contributed by atoms with Gasteiger partial charge in [-0.1, -0.05) is 0 Å². The highest BCUT2D eigenvalue weighted by atomic mass is 16.5. The van der Waals surface area contributed by atoms with Crippen LogP contribution in [0, 0.1) is 0 Å². The zero-order valence-corrected chi connectivity index (χ0v) is 14.2. The molecule has 2 N–H and O–H groups in total. The second kappa shape index (κ2) is 6.99. The van der Waals surface area contributed by atoms with Crippen LogP contribution in [0.5, 0.6) is 11.8 Å². The van der Waals surface area contributed by atoms with Crippen molar-refractivity contribution < 1.29 is 18.9 Å². The smallest absolute Gasteiger partial charge is 0.319 e. The van der Waals surface area contributed by atoms with Crippen LogP contribution in [-0.2, 0) is 9.47 Å². The molecule has 8 heteroatoms. The van der Waals surface area contributed by atoms with E-state index in [1.54, 1.807) is 7.11 Å². The molecule has 0 unspecified atom stereocenters. The van der Waals surface area contributed by atoms with Crippen LogP contribution >= 0.6 is 0 Å². The zero-order valence-electron chi connectivity index (χ0n) is 14.2. The van der Waals surface area contributed by atoms with Crippen LogP contribution in [0.2, 0.25) is 0 Å². The van der Waals surface area contributed by atoms with Crippen LogP contribution in [0.4, 0.5) is 5.82 Å². The first-order chi connectivity index (χ1) is 12.2. The Morgan fingerprint density at radius 2 is 2.24 bits per heavy atom. The maximum Gasteiger partial charge on any atom is 0.319 e. The highest BCUT2D eigenvalue weighted by molar-refractivity contribution is 5.89. The standard InChI is InChI=1S/C17H22N4O4/c1-22-12-2-3-15-14(6-12)16(18)20-17(19-15)25-10-13-7-21-4-5-23-8-11(21)9-24-13/h2-3,6,11,13H,4-5,7-10H2,1H3,(H2,18,19,20)/t11-,13+/m0/s1. The summed E-state index contributed by atoms with van der Waals surface area (Å²) in [6, 6.07) is 6.11. The van der Waals surface area contributed by atoms with Gasteiger partial charge in [0.2, 0.25) is 0 Å². The summed E-state index contributed by atoms with van der Waals surface area (Å²) in [5.74, 6) is 1.09. The normalized spacial score (nSPS) is 24.0. The molecule has 4 rings (SSSR count). The SMILES string of the molecule is COc1ccc2nc(OC[C@H]3CN4CCOC[C@H]4CO3)nc(N)c2c1. The highest BCUT2D eigenvalue weighted by Gasteiger charge is 2.31. The predicted molar refractivity (Wildman–Crippen MR) is 91.9 cm³/mol. The minimum Gasteiger partial charge on any atom is -0.497 e. The Labute approximate surface area is 145 Å². The molecule has 2 aromatic rings. The number of aromatic nitrogens is 2. The minimum absolute atomic E-state index is 0.00858. The summed E-state index contributed by atoms with van der Waals surface area (Å²) in [4.78, 5) is 11.1. The van der Waals surface area contributed by atoms with Gasteiger partial charge in [0.05, 0.1) is 38.5 Å². The molecule has 2 saturated heterocycles. The number of ether oxygens (including phenoxy) is 4. The van der Waals surface area contributed by atoms with Crippen molar-refractivity contribution >= 4 is 16.7 Å². The Hall–Kier alpha value is -2.16. The fraction of sp³-hybridized carbons (Fsp3) is 0.529. The first kappa shape index (κ1) is 16.3. The molecule has 0 spiro atoms. The number of hydrogen-bond acceptors (Lipinski definition) is 8. The summed E-state index contributed by atoms with van der Waals surface area (Å²) in [5, 5.41) is 0.747. The lowest BCUT2D eigenvalue weighted by molar-refractivity contribution is -0.124. The number of rotatable bonds is 4. The number of hydrogen-bond donors (Lipinski definition) is 1. The van der Waals surface area contributed by atoms with E-state index in [-0.39, 0.29) is 12.1 Å². The second-order valence-corrected chi connectivity index (χ2v) is 6.26. The second-order valence-electron chi connectivity index (χ2n) is 6.26. The van der Waals surface area contributed by atoms with Crippen LogP contribution < -0.4 is 15.2 Å². The van der Waals surface area contributed by atoms with Gasteiger partial charge < -0.3 is 24.7 Å². The Morgan fingerprint density at radius 3 is 3.12 bits per heavy atom.